The molecule has 0 aliphatic rings. The molecule has 110 valence electrons. The van der Waals surface area contributed by atoms with E-state index in [2.05, 4.69) is 32.6 Å². The minimum Gasteiger partial charge on any atom is -0.327 e. The third-order valence-corrected chi connectivity index (χ3v) is 3.73. The van der Waals surface area contributed by atoms with Crippen LogP contribution in [-0.2, 0) is 23.1 Å². The lowest BCUT2D eigenvalue weighted by molar-refractivity contribution is 0.576. The molecule has 1 aromatic carbocycles. The highest BCUT2D eigenvalue weighted by Gasteiger charge is 2.08. The zero-order valence-electron chi connectivity index (χ0n) is 11.8. The number of rotatable bonds is 7. The van der Waals surface area contributed by atoms with Crippen LogP contribution in [0.2, 0.25) is 0 Å². The molecule has 0 saturated carbocycles. The number of para-hydroxylation sites is 2. The molecule has 2 rings (SSSR count). The first kappa shape index (κ1) is 15.0. The predicted octanol–water partition coefficient (Wildman–Crippen LogP) is 0.695. The average Bonchev–Trinajstić information content (AvgIpc) is 2.74. The molecule has 0 saturated heterocycles. The molecule has 2 aromatic rings. The third-order valence-electron chi connectivity index (χ3n) is 3.00. The molecule has 0 bridgehead atoms. The van der Waals surface area contributed by atoms with Crippen LogP contribution in [0.3, 0.4) is 0 Å². The van der Waals surface area contributed by atoms with E-state index in [0.29, 0.717) is 19.6 Å². The molecule has 0 aliphatic heterocycles. The van der Waals surface area contributed by atoms with Crippen LogP contribution in [-0.4, -0.2) is 37.3 Å². The minimum absolute atomic E-state index is 0.380. The Morgan fingerprint density at radius 3 is 2.70 bits per heavy atom. The summed E-state index contributed by atoms with van der Waals surface area (Å²) in [6.45, 7) is 4.51. The number of nitrogens with zero attached hydrogens (tertiary/aromatic N) is 2. The Bertz CT molecular complexity index is 679. The quantitative estimate of drug-likeness (QED) is 0.737. The molecule has 0 radical (unpaired) electrons. The molecule has 0 aliphatic carbocycles. The van der Waals surface area contributed by atoms with Gasteiger partial charge in [-0.3, -0.25) is 0 Å². The Morgan fingerprint density at radius 2 is 2.00 bits per heavy atom. The Balaban J connectivity index is 1.96. The molecule has 0 amide bonds. The topological polar surface area (TPSA) is 76.0 Å². The van der Waals surface area contributed by atoms with Gasteiger partial charge in [0.1, 0.15) is 5.82 Å². The SMILES string of the molecule is CCn1c(CNCCNS(C)(=O)=O)nc2ccccc21. The summed E-state index contributed by atoms with van der Waals surface area (Å²) in [5.74, 6) is 0.966. The highest BCUT2D eigenvalue weighted by Crippen LogP contribution is 2.15. The van der Waals surface area contributed by atoms with Crippen LogP contribution in [0.5, 0.6) is 0 Å². The number of fused-ring (bicyclic) bond motifs is 1. The highest BCUT2D eigenvalue weighted by atomic mass is 32.2. The molecule has 0 atom stereocenters. The van der Waals surface area contributed by atoms with Crippen LogP contribution in [0, 0.1) is 0 Å². The van der Waals surface area contributed by atoms with E-state index in [1.54, 1.807) is 0 Å². The lowest BCUT2D eigenvalue weighted by atomic mass is 10.3. The van der Waals surface area contributed by atoms with Crippen LogP contribution < -0.4 is 10.0 Å². The van der Waals surface area contributed by atoms with Gasteiger partial charge in [-0.05, 0) is 19.1 Å². The first-order chi connectivity index (χ1) is 9.51. The van der Waals surface area contributed by atoms with Crippen LogP contribution in [0.25, 0.3) is 11.0 Å². The van der Waals surface area contributed by atoms with Gasteiger partial charge in [0.25, 0.3) is 0 Å². The molecule has 1 heterocycles. The molecule has 0 unspecified atom stereocenters. The van der Waals surface area contributed by atoms with E-state index in [9.17, 15) is 8.42 Å². The van der Waals surface area contributed by atoms with Gasteiger partial charge in [0, 0.05) is 19.6 Å². The number of nitrogens with one attached hydrogen (secondary N) is 2. The highest BCUT2D eigenvalue weighted by molar-refractivity contribution is 7.88. The summed E-state index contributed by atoms with van der Waals surface area (Å²) in [6, 6.07) is 8.03. The van der Waals surface area contributed by atoms with Crippen LogP contribution in [0.1, 0.15) is 12.7 Å². The maximum atomic E-state index is 10.9. The number of sulfonamides is 1. The smallest absolute Gasteiger partial charge is 0.208 e. The summed E-state index contributed by atoms with van der Waals surface area (Å²) in [7, 11) is -3.11. The summed E-state index contributed by atoms with van der Waals surface area (Å²) in [6.07, 6.45) is 1.16. The van der Waals surface area contributed by atoms with E-state index in [-0.39, 0.29) is 0 Å². The van der Waals surface area contributed by atoms with Crippen LogP contribution >= 0.6 is 0 Å². The van der Waals surface area contributed by atoms with Gasteiger partial charge in [-0.25, -0.2) is 18.1 Å². The van der Waals surface area contributed by atoms with E-state index in [4.69, 9.17) is 0 Å². The van der Waals surface area contributed by atoms with Crippen molar-refractivity contribution in [3.05, 3.63) is 30.1 Å². The number of hydrogen-bond acceptors (Lipinski definition) is 4. The first-order valence-corrected chi connectivity index (χ1v) is 8.50. The van der Waals surface area contributed by atoms with Crippen LogP contribution in [0.15, 0.2) is 24.3 Å². The van der Waals surface area contributed by atoms with E-state index in [0.717, 1.165) is 29.7 Å². The molecule has 20 heavy (non-hydrogen) atoms. The normalized spacial score (nSPS) is 12.1. The van der Waals surface area contributed by atoms with Gasteiger partial charge in [0.05, 0.1) is 23.8 Å². The Morgan fingerprint density at radius 1 is 1.25 bits per heavy atom. The zero-order chi connectivity index (χ0) is 14.6. The largest absolute Gasteiger partial charge is 0.327 e. The molecule has 0 spiro atoms. The van der Waals surface area contributed by atoms with Gasteiger partial charge in [0.15, 0.2) is 0 Å². The second kappa shape index (κ2) is 6.34. The van der Waals surface area contributed by atoms with Crippen molar-refractivity contribution in [2.45, 2.75) is 20.0 Å². The van der Waals surface area contributed by atoms with E-state index in [1.807, 2.05) is 18.2 Å². The summed E-state index contributed by atoms with van der Waals surface area (Å²) < 4.78 is 26.5. The minimum atomic E-state index is -3.11. The number of aryl methyl sites for hydroxylation is 1. The standard InChI is InChI=1S/C13H20N4O2S/c1-3-17-12-7-5-4-6-11(12)16-13(17)10-14-8-9-15-20(2,18)19/h4-7,14-15H,3,8-10H2,1-2H3. The molecule has 0 fully saturated rings. The first-order valence-electron chi connectivity index (χ1n) is 6.61. The fourth-order valence-electron chi connectivity index (χ4n) is 2.14. The number of aromatic nitrogens is 2. The van der Waals surface area contributed by atoms with Crippen molar-refractivity contribution in [1.29, 1.82) is 0 Å². The van der Waals surface area contributed by atoms with Crippen molar-refractivity contribution >= 4 is 21.1 Å². The molecular weight excluding hydrogens is 276 g/mol. The summed E-state index contributed by atoms with van der Waals surface area (Å²) >= 11 is 0. The van der Waals surface area contributed by atoms with Crippen molar-refractivity contribution in [2.75, 3.05) is 19.3 Å². The van der Waals surface area contributed by atoms with E-state index >= 15 is 0 Å². The third kappa shape index (κ3) is 3.78. The van der Waals surface area contributed by atoms with Gasteiger partial charge in [-0.15, -0.1) is 0 Å². The number of hydrogen-bond donors (Lipinski definition) is 2. The lowest BCUT2D eigenvalue weighted by Gasteiger charge is -2.07. The Kier molecular flexibility index (Phi) is 4.74. The Labute approximate surface area is 119 Å². The average molecular weight is 296 g/mol. The molecular formula is C13H20N4O2S. The van der Waals surface area contributed by atoms with E-state index in [1.165, 1.54) is 0 Å². The van der Waals surface area contributed by atoms with Crippen molar-refractivity contribution in [3.63, 3.8) is 0 Å². The maximum Gasteiger partial charge on any atom is 0.208 e. The number of benzene rings is 1. The fraction of sp³-hybridized carbons (Fsp3) is 0.462. The predicted molar refractivity (Wildman–Crippen MR) is 80.0 cm³/mol. The maximum absolute atomic E-state index is 10.9. The van der Waals surface area contributed by atoms with Crippen molar-refractivity contribution < 1.29 is 8.42 Å². The van der Waals surface area contributed by atoms with Gasteiger partial charge in [-0.1, -0.05) is 12.1 Å². The molecule has 1 aromatic heterocycles. The molecule has 2 N–H and O–H groups in total. The van der Waals surface area contributed by atoms with Crippen molar-refractivity contribution in [1.82, 2.24) is 19.6 Å². The van der Waals surface area contributed by atoms with Crippen molar-refractivity contribution in [3.8, 4) is 0 Å². The second-order valence-electron chi connectivity index (χ2n) is 4.60. The number of imidazole rings is 1. The fourth-order valence-corrected chi connectivity index (χ4v) is 2.61. The van der Waals surface area contributed by atoms with Crippen LogP contribution in [0.4, 0.5) is 0 Å². The Hall–Kier alpha value is -1.44. The van der Waals surface area contributed by atoms with E-state index < -0.39 is 10.0 Å². The van der Waals surface area contributed by atoms with Gasteiger partial charge in [-0.2, -0.15) is 0 Å². The lowest BCUT2D eigenvalue weighted by Crippen LogP contribution is -2.31. The van der Waals surface area contributed by atoms with Gasteiger partial charge >= 0.3 is 0 Å². The molecule has 6 nitrogen and oxygen atoms in total. The summed E-state index contributed by atoms with van der Waals surface area (Å²) in [5, 5.41) is 3.20. The summed E-state index contributed by atoms with van der Waals surface area (Å²) in [5.41, 5.74) is 2.11. The second-order valence-corrected chi connectivity index (χ2v) is 6.44. The monoisotopic (exact) mass is 296 g/mol. The summed E-state index contributed by atoms with van der Waals surface area (Å²) in [4.78, 5) is 4.59. The van der Waals surface area contributed by atoms with Crippen molar-refractivity contribution in [2.24, 2.45) is 0 Å². The van der Waals surface area contributed by atoms with Gasteiger partial charge < -0.3 is 9.88 Å². The molecule has 7 heteroatoms. The zero-order valence-corrected chi connectivity index (χ0v) is 12.6. The van der Waals surface area contributed by atoms with Gasteiger partial charge in [0.2, 0.25) is 10.0 Å².